The van der Waals surface area contributed by atoms with Crippen LogP contribution in [0, 0.1) is 5.92 Å². The number of hydrogen-bond acceptors (Lipinski definition) is 4. The maximum Gasteiger partial charge on any atom is 0.326 e. The van der Waals surface area contributed by atoms with Crippen LogP contribution in [0.2, 0.25) is 0 Å². The Morgan fingerprint density at radius 3 is 2.70 bits per heavy atom. The summed E-state index contributed by atoms with van der Waals surface area (Å²) in [5.41, 5.74) is 0.614. The molecule has 0 aromatic carbocycles. The van der Waals surface area contributed by atoms with Gasteiger partial charge < -0.3 is 10.4 Å². The second kappa shape index (κ2) is 5.58. The van der Waals surface area contributed by atoms with Crippen molar-refractivity contribution in [1.82, 2.24) is 19.9 Å². The smallest absolute Gasteiger partial charge is 0.326 e. The average molecular weight is 341 g/mol. The third-order valence-corrected chi connectivity index (χ3v) is 3.20. The number of carbonyl (C=O) groups excluding carboxylic acids is 1. The molecule has 1 atom stereocenters. The lowest BCUT2D eigenvalue weighted by molar-refractivity contribution is -0.140. The van der Waals surface area contributed by atoms with Gasteiger partial charge in [0.05, 0.1) is 10.7 Å². The number of hydrogen-bond donors (Lipinski definition) is 2. The number of aliphatic carboxylic acids is 1. The average Bonchev–Trinajstić information content (AvgIpc) is 2.77. The summed E-state index contributed by atoms with van der Waals surface area (Å²) in [7, 11) is 0. The van der Waals surface area contributed by atoms with E-state index in [1.165, 1.54) is 10.7 Å². The van der Waals surface area contributed by atoms with E-state index >= 15 is 0 Å². The summed E-state index contributed by atoms with van der Waals surface area (Å²) >= 11 is 3.26. The zero-order chi connectivity index (χ0) is 14.9. The van der Waals surface area contributed by atoms with Crippen LogP contribution in [0.3, 0.4) is 0 Å². The fraction of sp³-hybridized carbons (Fsp3) is 0.333. The van der Waals surface area contributed by atoms with E-state index in [1.54, 1.807) is 26.2 Å². The van der Waals surface area contributed by atoms with Gasteiger partial charge >= 0.3 is 5.97 Å². The van der Waals surface area contributed by atoms with E-state index in [4.69, 9.17) is 5.11 Å². The molecule has 0 aliphatic carbocycles. The second-order valence-corrected chi connectivity index (χ2v) is 5.55. The summed E-state index contributed by atoms with van der Waals surface area (Å²) in [6.45, 7) is 3.45. The number of amides is 1. The van der Waals surface area contributed by atoms with Gasteiger partial charge in [-0.1, -0.05) is 13.8 Å². The van der Waals surface area contributed by atoms with Crippen molar-refractivity contribution in [3.8, 4) is 0 Å². The molecule has 106 valence electrons. The summed E-state index contributed by atoms with van der Waals surface area (Å²) in [5.74, 6) is -1.79. The molecular formula is C12H13BrN4O3. The van der Waals surface area contributed by atoms with Gasteiger partial charge in [-0.3, -0.25) is 4.79 Å². The van der Waals surface area contributed by atoms with E-state index < -0.39 is 17.9 Å². The molecule has 2 N–H and O–H groups in total. The van der Waals surface area contributed by atoms with Gasteiger partial charge in [0, 0.05) is 12.4 Å². The lowest BCUT2D eigenvalue weighted by atomic mass is 10.0. The molecular weight excluding hydrogens is 328 g/mol. The SMILES string of the molecule is CC(C)[C@H](NC(=O)c1cnn2cc(Br)cnc12)C(=O)O. The summed E-state index contributed by atoms with van der Waals surface area (Å²) < 4.78 is 2.18. The van der Waals surface area contributed by atoms with E-state index in [0.717, 1.165) is 4.47 Å². The maximum absolute atomic E-state index is 12.1. The highest BCUT2D eigenvalue weighted by Crippen LogP contribution is 2.13. The van der Waals surface area contributed by atoms with Crippen LogP contribution >= 0.6 is 15.9 Å². The minimum absolute atomic E-state index is 0.222. The van der Waals surface area contributed by atoms with Gasteiger partial charge in [-0.15, -0.1) is 0 Å². The standard InChI is InChI=1S/C12H13BrN4O3/c1-6(2)9(12(19)20)16-11(18)8-4-15-17-5-7(13)3-14-10(8)17/h3-6,9H,1-2H3,(H,16,18)(H,19,20)/t9-/m0/s1. The van der Waals surface area contributed by atoms with Gasteiger partial charge in [-0.25, -0.2) is 14.3 Å². The summed E-state index contributed by atoms with van der Waals surface area (Å²) in [5, 5.41) is 15.6. The van der Waals surface area contributed by atoms with E-state index in [9.17, 15) is 9.59 Å². The van der Waals surface area contributed by atoms with Crippen LogP contribution in [-0.2, 0) is 4.79 Å². The van der Waals surface area contributed by atoms with Crippen LogP contribution in [-0.4, -0.2) is 37.6 Å². The fourth-order valence-corrected chi connectivity index (χ4v) is 2.04. The highest BCUT2D eigenvalue weighted by atomic mass is 79.9. The van der Waals surface area contributed by atoms with Crippen molar-refractivity contribution in [2.24, 2.45) is 5.92 Å². The molecule has 0 fully saturated rings. The van der Waals surface area contributed by atoms with Crippen LogP contribution in [0.4, 0.5) is 0 Å². The molecule has 0 aliphatic rings. The lowest BCUT2D eigenvalue weighted by Gasteiger charge is -2.17. The Hall–Kier alpha value is -1.96. The van der Waals surface area contributed by atoms with Crippen molar-refractivity contribution >= 4 is 33.5 Å². The van der Waals surface area contributed by atoms with Crippen molar-refractivity contribution in [2.45, 2.75) is 19.9 Å². The Bertz CT molecular complexity index is 668. The van der Waals surface area contributed by atoms with Gasteiger partial charge in [0.25, 0.3) is 5.91 Å². The molecule has 2 aromatic rings. The zero-order valence-corrected chi connectivity index (χ0v) is 12.5. The lowest BCUT2D eigenvalue weighted by Crippen LogP contribution is -2.44. The summed E-state index contributed by atoms with van der Waals surface area (Å²) in [4.78, 5) is 27.3. The molecule has 20 heavy (non-hydrogen) atoms. The number of aromatic nitrogens is 3. The van der Waals surface area contributed by atoms with Gasteiger partial charge in [0.15, 0.2) is 5.65 Å². The van der Waals surface area contributed by atoms with Crippen LogP contribution < -0.4 is 5.32 Å². The Morgan fingerprint density at radius 1 is 1.40 bits per heavy atom. The topological polar surface area (TPSA) is 96.6 Å². The molecule has 0 spiro atoms. The Labute approximate surface area is 123 Å². The molecule has 1 amide bonds. The highest BCUT2D eigenvalue weighted by molar-refractivity contribution is 9.10. The van der Waals surface area contributed by atoms with E-state index in [-0.39, 0.29) is 11.5 Å². The van der Waals surface area contributed by atoms with Crippen molar-refractivity contribution in [3.05, 3.63) is 28.6 Å². The van der Waals surface area contributed by atoms with Crippen LogP contribution in [0.1, 0.15) is 24.2 Å². The van der Waals surface area contributed by atoms with E-state index in [2.05, 4.69) is 31.3 Å². The first-order valence-corrected chi connectivity index (χ1v) is 6.72. The van der Waals surface area contributed by atoms with Crippen LogP contribution in [0.25, 0.3) is 5.65 Å². The minimum Gasteiger partial charge on any atom is -0.480 e. The Morgan fingerprint density at radius 2 is 2.10 bits per heavy atom. The fourth-order valence-electron chi connectivity index (χ4n) is 1.74. The minimum atomic E-state index is -1.07. The number of nitrogens with zero attached hydrogens (tertiary/aromatic N) is 3. The maximum atomic E-state index is 12.1. The number of carboxylic acid groups (broad SMARTS) is 1. The number of fused-ring (bicyclic) bond motifs is 1. The van der Waals surface area contributed by atoms with Crippen molar-refractivity contribution < 1.29 is 14.7 Å². The number of nitrogens with one attached hydrogen (secondary N) is 1. The predicted molar refractivity (Wildman–Crippen MR) is 74.4 cm³/mol. The quantitative estimate of drug-likeness (QED) is 0.875. The molecule has 0 saturated heterocycles. The summed E-state index contributed by atoms with van der Waals surface area (Å²) in [6, 6.07) is -0.951. The highest BCUT2D eigenvalue weighted by Gasteiger charge is 2.25. The molecule has 7 nitrogen and oxygen atoms in total. The normalized spacial score (nSPS) is 12.6. The molecule has 2 heterocycles. The molecule has 0 unspecified atom stereocenters. The van der Waals surface area contributed by atoms with Crippen LogP contribution in [0.5, 0.6) is 0 Å². The summed E-state index contributed by atoms with van der Waals surface area (Å²) in [6.07, 6.45) is 4.57. The molecule has 2 rings (SSSR count). The van der Waals surface area contributed by atoms with Gasteiger partial charge in [-0.2, -0.15) is 5.10 Å². The third kappa shape index (κ3) is 2.79. The van der Waals surface area contributed by atoms with Crippen molar-refractivity contribution in [3.63, 3.8) is 0 Å². The molecule has 0 aliphatic heterocycles. The predicted octanol–water partition coefficient (Wildman–Crippen LogP) is 1.33. The Kier molecular flexibility index (Phi) is 4.03. The molecule has 0 saturated carbocycles. The third-order valence-electron chi connectivity index (χ3n) is 2.79. The molecule has 8 heteroatoms. The van der Waals surface area contributed by atoms with Crippen molar-refractivity contribution in [2.75, 3.05) is 0 Å². The molecule has 0 radical (unpaired) electrons. The largest absolute Gasteiger partial charge is 0.480 e. The number of rotatable bonds is 4. The first kappa shape index (κ1) is 14.4. The van der Waals surface area contributed by atoms with E-state index in [0.29, 0.717) is 5.65 Å². The molecule has 2 aromatic heterocycles. The second-order valence-electron chi connectivity index (χ2n) is 4.63. The monoisotopic (exact) mass is 340 g/mol. The number of halogens is 1. The Balaban J connectivity index is 2.30. The first-order chi connectivity index (χ1) is 9.40. The van der Waals surface area contributed by atoms with Gasteiger partial charge in [0.2, 0.25) is 0 Å². The zero-order valence-electron chi connectivity index (χ0n) is 10.9. The number of carbonyl (C=O) groups is 2. The van der Waals surface area contributed by atoms with Gasteiger partial charge in [0.1, 0.15) is 11.6 Å². The van der Waals surface area contributed by atoms with E-state index in [1.807, 2.05) is 0 Å². The van der Waals surface area contributed by atoms with Crippen molar-refractivity contribution in [1.29, 1.82) is 0 Å². The number of carboxylic acids is 1. The molecule has 0 bridgehead atoms. The van der Waals surface area contributed by atoms with Gasteiger partial charge in [-0.05, 0) is 21.8 Å². The first-order valence-electron chi connectivity index (χ1n) is 5.92. The van der Waals surface area contributed by atoms with Crippen LogP contribution in [0.15, 0.2) is 23.1 Å².